The summed E-state index contributed by atoms with van der Waals surface area (Å²) in [5, 5.41) is 0. The summed E-state index contributed by atoms with van der Waals surface area (Å²) in [5.74, 6) is 1.48. The van der Waals surface area contributed by atoms with Gasteiger partial charge in [-0.05, 0) is 81.1 Å². The fourth-order valence-electron chi connectivity index (χ4n) is 8.33. The van der Waals surface area contributed by atoms with Crippen LogP contribution >= 0.6 is 0 Å². The van der Waals surface area contributed by atoms with Crippen LogP contribution in [0.3, 0.4) is 0 Å². The minimum Gasteiger partial charge on any atom is -0.450 e. The molecule has 4 aliphatic rings. The summed E-state index contributed by atoms with van der Waals surface area (Å²) in [6, 6.07) is 0. The summed E-state index contributed by atoms with van der Waals surface area (Å²) in [7, 11) is 0. The van der Waals surface area contributed by atoms with E-state index in [9.17, 15) is 14.4 Å². The Morgan fingerprint density at radius 2 is 1.72 bits per heavy atom. The lowest BCUT2D eigenvalue weighted by Gasteiger charge is -2.65. The molecule has 4 rings (SSSR count). The van der Waals surface area contributed by atoms with E-state index in [1.54, 1.807) is 6.92 Å². The van der Waals surface area contributed by atoms with Crippen molar-refractivity contribution in [2.24, 2.45) is 34.5 Å². The van der Waals surface area contributed by atoms with Crippen molar-refractivity contribution in [1.29, 1.82) is 0 Å². The molecule has 0 amide bonds. The largest absolute Gasteiger partial charge is 0.450 e. The minimum atomic E-state index is -1.01. The summed E-state index contributed by atoms with van der Waals surface area (Å²) in [4.78, 5) is 37.2. The molecule has 29 heavy (non-hydrogen) atoms. The molecule has 0 saturated heterocycles. The summed E-state index contributed by atoms with van der Waals surface area (Å²) in [6.07, 6.45) is 9.61. The highest BCUT2D eigenvalue weighted by Crippen LogP contribution is 2.67. The zero-order chi connectivity index (χ0) is 21.2. The second-order valence-electron chi connectivity index (χ2n) is 10.8. The summed E-state index contributed by atoms with van der Waals surface area (Å²) in [5.41, 5.74) is 0.153. The first-order valence-corrected chi connectivity index (χ1v) is 11.5. The number of carbonyl (C=O) groups is 3. The topological polar surface area (TPSA) is 60.4 Å². The maximum atomic E-state index is 13.1. The lowest BCUT2D eigenvalue weighted by molar-refractivity contribution is -0.227. The Labute approximate surface area is 174 Å². The summed E-state index contributed by atoms with van der Waals surface area (Å²) < 4.78 is 6.01. The van der Waals surface area contributed by atoms with E-state index in [-0.39, 0.29) is 34.3 Å². The van der Waals surface area contributed by atoms with Crippen LogP contribution in [0.2, 0.25) is 0 Å². The number of Topliss-reactive ketones (excluding diaryl/α,β-unsaturated/α-hetero) is 1. The maximum Gasteiger partial charge on any atom is 0.303 e. The molecule has 0 unspecified atom stereocenters. The fraction of sp³-hybridized carbons (Fsp3) is 0.800. The maximum absolute atomic E-state index is 13.1. The highest BCUT2D eigenvalue weighted by atomic mass is 16.6. The van der Waals surface area contributed by atoms with Crippen LogP contribution in [0, 0.1) is 34.5 Å². The van der Waals surface area contributed by atoms with E-state index >= 15 is 0 Å². The normalized spacial score (nSPS) is 46.7. The van der Waals surface area contributed by atoms with Gasteiger partial charge in [0, 0.05) is 24.7 Å². The first-order valence-electron chi connectivity index (χ1n) is 11.5. The lowest BCUT2D eigenvalue weighted by atomic mass is 9.40. The van der Waals surface area contributed by atoms with Crippen molar-refractivity contribution in [3.8, 4) is 0 Å². The van der Waals surface area contributed by atoms with Crippen molar-refractivity contribution in [3.63, 3.8) is 0 Å². The first-order chi connectivity index (χ1) is 13.6. The van der Waals surface area contributed by atoms with Gasteiger partial charge in [-0.15, -0.1) is 0 Å². The van der Waals surface area contributed by atoms with Crippen molar-refractivity contribution in [2.75, 3.05) is 0 Å². The third-order valence-corrected chi connectivity index (χ3v) is 9.63. The smallest absolute Gasteiger partial charge is 0.303 e. The molecule has 0 aromatic rings. The predicted molar refractivity (Wildman–Crippen MR) is 111 cm³/mol. The number of hydrogen-bond donors (Lipinski definition) is 0. The highest BCUT2D eigenvalue weighted by Gasteiger charge is 2.67. The average Bonchev–Trinajstić information content (AvgIpc) is 2.64. The number of fused-ring (bicyclic) bond motifs is 5. The zero-order valence-electron chi connectivity index (χ0n) is 18.7. The Bertz CT molecular complexity index is 782. The Balaban J connectivity index is 1.75. The van der Waals surface area contributed by atoms with Crippen LogP contribution in [0.4, 0.5) is 0 Å². The van der Waals surface area contributed by atoms with Crippen LogP contribution in [0.15, 0.2) is 11.6 Å². The number of ether oxygens (including phenoxy) is 1. The molecule has 7 atom stereocenters. The second kappa shape index (κ2) is 6.78. The van der Waals surface area contributed by atoms with Gasteiger partial charge in [-0.2, -0.15) is 0 Å². The Morgan fingerprint density at radius 1 is 1.00 bits per heavy atom. The van der Waals surface area contributed by atoms with Gasteiger partial charge in [0.1, 0.15) is 0 Å². The average molecular weight is 401 g/mol. The quantitative estimate of drug-likeness (QED) is 0.609. The van der Waals surface area contributed by atoms with E-state index < -0.39 is 5.60 Å². The van der Waals surface area contributed by atoms with Gasteiger partial charge in [0.05, 0.1) is 0 Å². The monoisotopic (exact) mass is 400 g/mol. The minimum absolute atomic E-state index is 0.0109. The molecule has 3 fully saturated rings. The molecule has 4 heteroatoms. The van der Waals surface area contributed by atoms with E-state index in [1.165, 1.54) is 12.5 Å². The molecule has 160 valence electrons. The van der Waals surface area contributed by atoms with Gasteiger partial charge in [-0.1, -0.05) is 26.3 Å². The number of hydrogen-bond acceptors (Lipinski definition) is 4. The Morgan fingerprint density at radius 3 is 2.38 bits per heavy atom. The Hall–Kier alpha value is -1.45. The van der Waals surface area contributed by atoms with Crippen molar-refractivity contribution in [3.05, 3.63) is 11.6 Å². The van der Waals surface area contributed by atoms with Gasteiger partial charge in [-0.3, -0.25) is 14.4 Å². The standard InChI is InChI=1S/C25H36O4/c1-15-6-9-22-20-8-7-18-14-19(28)10-12-23(18,4)21(20)11-13-24(22,5)25(15,16(2)26)29-17(3)27/h14-15,20-22H,6-13H2,1-5H3/t15-,20-,21+,22+,23-,24+,25-/m1/s1. The van der Waals surface area contributed by atoms with Crippen molar-refractivity contribution >= 4 is 17.5 Å². The molecule has 0 radical (unpaired) electrons. The number of allylic oxidation sites excluding steroid dienone is 2. The molecular formula is C25H36O4. The van der Waals surface area contributed by atoms with E-state index in [0.29, 0.717) is 24.2 Å². The molecule has 0 bridgehead atoms. The molecule has 0 aliphatic heterocycles. The third-order valence-electron chi connectivity index (χ3n) is 9.63. The third kappa shape index (κ3) is 2.73. The second-order valence-corrected chi connectivity index (χ2v) is 10.8. The SMILES string of the molecule is CC(=O)O[C@@]1(C(C)=O)[C@H](C)CC[C@H]2[C@@H]3CCC4=CC(=O)CC[C@@]4(C)[C@H]3CC[C@@]21C. The zero-order valence-corrected chi connectivity index (χ0v) is 18.7. The van der Waals surface area contributed by atoms with Gasteiger partial charge in [0.2, 0.25) is 0 Å². The fourth-order valence-corrected chi connectivity index (χ4v) is 8.33. The first kappa shape index (κ1) is 20.8. The molecule has 4 nitrogen and oxygen atoms in total. The van der Waals surface area contributed by atoms with Crippen molar-refractivity contribution in [2.45, 2.75) is 91.6 Å². The van der Waals surface area contributed by atoms with Gasteiger partial charge < -0.3 is 4.74 Å². The molecule has 0 spiro atoms. The van der Waals surface area contributed by atoms with E-state index in [4.69, 9.17) is 4.74 Å². The molecule has 0 heterocycles. The highest BCUT2D eigenvalue weighted by molar-refractivity contribution is 5.91. The molecule has 0 aromatic heterocycles. The van der Waals surface area contributed by atoms with Crippen LogP contribution in [-0.4, -0.2) is 23.1 Å². The number of esters is 1. The van der Waals surface area contributed by atoms with Crippen LogP contribution in [-0.2, 0) is 19.1 Å². The van der Waals surface area contributed by atoms with Crippen LogP contribution in [0.25, 0.3) is 0 Å². The van der Waals surface area contributed by atoms with E-state index in [1.807, 2.05) is 6.08 Å². The summed E-state index contributed by atoms with van der Waals surface area (Å²) >= 11 is 0. The van der Waals surface area contributed by atoms with Crippen molar-refractivity contribution < 1.29 is 19.1 Å². The van der Waals surface area contributed by atoms with Gasteiger partial charge >= 0.3 is 5.97 Å². The molecular weight excluding hydrogens is 364 g/mol. The molecule has 3 saturated carbocycles. The van der Waals surface area contributed by atoms with Gasteiger partial charge in [0.25, 0.3) is 0 Å². The van der Waals surface area contributed by atoms with Crippen LogP contribution in [0.5, 0.6) is 0 Å². The summed E-state index contributed by atoms with van der Waals surface area (Å²) in [6.45, 7) is 9.75. The van der Waals surface area contributed by atoms with E-state index in [2.05, 4.69) is 20.8 Å². The van der Waals surface area contributed by atoms with Crippen LogP contribution in [0.1, 0.15) is 86.0 Å². The number of carbonyl (C=O) groups excluding carboxylic acids is 3. The van der Waals surface area contributed by atoms with E-state index in [0.717, 1.165) is 44.9 Å². The predicted octanol–water partition coefficient (Wildman–Crippen LogP) is 5.05. The number of ketones is 2. The number of rotatable bonds is 2. The molecule has 0 N–H and O–H groups in total. The molecule has 4 aliphatic carbocycles. The van der Waals surface area contributed by atoms with Gasteiger partial charge in [-0.25, -0.2) is 0 Å². The lowest BCUT2D eigenvalue weighted by Crippen LogP contribution is -2.67. The Kier molecular flexibility index (Phi) is 4.87. The van der Waals surface area contributed by atoms with Crippen LogP contribution < -0.4 is 0 Å². The van der Waals surface area contributed by atoms with Gasteiger partial charge in [0.15, 0.2) is 17.2 Å². The molecule has 0 aromatic carbocycles. The van der Waals surface area contributed by atoms with Crippen molar-refractivity contribution in [1.82, 2.24) is 0 Å².